The van der Waals surface area contributed by atoms with E-state index >= 15 is 0 Å². The lowest BCUT2D eigenvalue weighted by molar-refractivity contribution is 0.141. The third-order valence-electron chi connectivity index (χ3n) is 4.10. The fourth-order valence-corrected chi connectivity index (χ4v) is 2.95. The van der Waals surface area contributed by atoms with Crippen molar-refractivity contribution in [2.45, 2.75) is 39.5 Å². The van der Waals surface area contributed by atoms with Crippen molar-refractivity contribution in [2.24, 2.45) is 11.8 Å². The molecule has 2 unspecified atom stereocenters. The second kappa shape index (κ2) is 6.53. The number of anilines is 1. The minimum absolute atomic E-state index is 0.276. The number of hydrogen-bond acceptors (Lipinski definition) is 4. The van der Waals surface area contributed by atoms with Gasteiger partial charge in [-0.3, -0.25) is 0 Å². The van der Waals surface area contributed by atoms with Gasteiger partial charge >= 0.3 is 0 Å². The number of rotatable bonds is 4. The van der Waals surface area contributed by atoms with Crippen molar-refractivity contribution >= 4 is 17.4 Å². The summed E-state index contributed by atoms with van der Waals surface area (Å²) in [7, 11) is 0. The third-order valence-corrected chi connectivity index (χ3v) is 4.36. The fourth-order valence-electron chi connectivity index (χ4n) is 2.71. The first-order chi connectivity index (χ1) is 9.11. The second-order valence-corrected chi connectivity index (χ2v) is 5.76. The maximum Gasteiger partial charge on any atom is 0.171 e. The Balaban J connectivity index is 1.99. The number of aliphatic hydroxyl groups excluding tert-OH is 1. The van der Waals surface area contributed by atoms with Gasteiger partial charge < -0.3 is 10.4 Å². The molecule has 1 fully saturated rings. The average Bonchev–Trinajstić information content (AvgIpc) is 2.41. The average molecular weight is 284 g/mol. The van der Waals surface area contributed by atoms with Gasteiger partial charge in [-0.2, -0.15) is 0 Å². The molecule has 1 heterocycles. The summed E-state index contributed by atoms with van der Waals surface area (Å²) in [5, 5.41) is 13.1. The molecule has 4 nitrogen and oxygen atoms in total. The van der Waals surface area contributed by atoms with Gasteiger partial charge in [-0.15, -0.1) is 0 Å². The minimum atomic E-state index is 0.276. The summed E-state index contributed by atoms with van der Waals surface area (Å²) in [4.78, 5) is 8.71. The molecule has 0 saturated heterocycles. The highest BCUT2D eigenvalue weighted by Gasteiger charge is 2.24. The number of halogens is 1. The Bertz CT molecular complexity index is 439. The molecule has 1 aliphatic carbocycles. The van der Waals surface area contributed by atoms with Gasteiger partial charge in [-0.1, -0.05) is 24.4 Å². The van der Waals surface area contributed by atoms with E-state index in [1.807, 2.05) is 13.8 Å². The molecule has 0 aliphatic heterocycles. The van der Waals surface area contributed by atoms with Gasteiger partial charge in [0.2, 0.25) is 0 Å². The van der Waals surface area contributed by atoms with Crippen LogP contribution in [-0.4, -0.2) is 28.2 Å². The number of nitrogens with one attached hydrogen (secondary N) is 1. The molecular formula is C14H22ClN3O. The summed E-state index contributed by atoms with van der Waals surface area (Å²) in [6.07, 6.45) is 4.75. The summed E-state index contributed by atoms with van der Waals surface area (Å²) in [5.41, 5.74) is 1.76. The van der Waals surface area contributed by atoms with E-state index in [4.69, 9.17) is 11.6 Å². The Kier molecular flexibility index (Phi) is 4.99. The van der Waals surface area contributed by atoms with Crippen LogP contribution >= 0.6 is 11.6 Å². The zero-order chi connectivity index (χ0) is 13.8. The Hall–Kier alpha value is -0.870. The summed E-state index contributed by atoms with van der Waals surface area (Å²) in [6, 6.07) is 0. The lowest BCUT2D eigenvalue weighted by Crippen LogP contribution is -2.29. The molecule has 1 saturated carbocycles. The number of aliphatic hydroxyl groups is 1. The number of aromatic nitrogens is 2. The summed E-state index contributed by atoms with van der Waals surface area (Å²) in [5.74, 6) is 1.56. The van der Waals surface area contributed by atoms with Gasteiger partial charge in [0.05, 0.1) is 11.4 Å². The smallest absolute Gasteiger partial charge is 0.171 e. The van der Waals surface area contributed by atoms with Crippen molar-refractivity contribution < 1.29 is 5.11 Å². The monoisotopic (exact) mass is 283 g/mol. The first kappa shape index (κ1) is 14.5. The van der Waals surface area contributed by atoms with Gasteiger partial charge in [0.1, 0.15) is 0 Å². The van der Waals surface area contributed by atoms with Crippen molar-refractivity contribution in [3.63, 3.8) is 0 Å². The zero-order valence-electron chi connectivity index (χ0n) is 11.6. The van der Waals surface area contributed by atoms with E-state index in [1.54, 1.807) is 0 Å². The predicted molar refractivity (Wildman–Crippen MR) is 77.5 cm³/mol. The second-order valence-electron chi connectivity index (χ2n) is 5.40. The van der Waals surface area contributed by atoms with Crippen LogP contribution in [0, 0.1) is 25.7 Å². The van der Waals surface area contributed by atoms with Gasteiger partial charge in [0.15, 0.2) is 11.0 Å². The third kappa shape index (κ3) is 3.57. The van der Waals surface area contributed by atoms with Gasteiger partial charge in [-0.25, -0.2) is 9.97 Å². The molecule has 5 heteroatoms. The predicted octanol–water partition coefficient (Wildman–Crippen LogP) is 2.96. The van der Waals surface area contributed by atoms with Crippen LogP contribution in [0.25, 0.3) is 0 Å². The Labute approximate surface area is 119 Å². The normalized spacial score (nSPS) is 23.4. The van der Waals surface area contributed by atoms with Gasteiger partial charge in [-0.05, 0) is 38.5 Å². The Morgan fingerprint density at radius 1 is 1.16 bits per heavy atom. The molecule has 2 atom stereocenters. The summed E-state index contributed by atoms with van der Waals surface area (Å²) >= 11 is 6.10. The van der Waals surface area contributed by atoms with Crippen LogP contribution in [0.1, 0.15) is 37.1 Å². The molecule has 1 aromatic rings. The molecule has 19 heavy (non-hydrogen) atoms. The van der Waals surface area contributed by atoms with E-state index in [9.17, 15) is 5.11 Å². The van der Waals surface area contributed by atoms with Crippen LogP contribution in [0.2, 0.25) is 5.15 Å². The highest BCUT2D eigenvalue weighted by molar-refractivity contribution is 6.31. The van der Waals surface area contributed by atoms with E-state index in [1.165, 1.54) is 12.8 Å². The van der Waals surface area contributed by atoms with E-state index in [0.717, 1.165) is 30.8 Å². The molecule has 2 N–H and O–H groups in total. The van der Waals surface area contributed by atoms with Crippen LogP contribution in [0.5, 0.6) is 0 Å². The molecule has 2 rings (SSSR count). The molecule has 0 aromatic carbocycles. The highest BCUT2D eigenvalue weighted by Crippen LogP contribution is 2.30. The highest BCUT2D eigenvalue weighted by atomic mass is 35.5. The van der Waals surface area contributed by atoms with Crippen molar-refractivity contribution in [3.8, 4) is 0 Å². The van der Waals surface area contributed by atoms with Crippen LogP contribution < -0.4 is 5.32 Å². The number of aryl methyl sites for hydroxylation is 2. The first-order valence-corrected chi connectivity index (χ1v) is 7.35. The van der Waals surface area contributed by atoms with Gasteiger partial charge in [0, 0.05) is 13.2 Å². The SMILES string of the molecule is Cc1nc(Cl)c(NCC2CCCCC2CO)nc1C. The number of hydrogen-bond donors (Lipinski definition) is 2. The molecule has 106 valence electrons. The molecule has 0 bridgehead atoms. The van der Waals surface area contributed by atoms with Gasteiger partial charge in [0.25, 0.3) is 0 Å². The summed E-state index contributed by atoms with van der Waals surface area (Å²) in [6.45, 7) is 4.92. The summed E-state index contributed by atoms with van der Waals surface area (Å²) < 4.78 is 0. The van der Waals surface area contributed by atoms with Crippen LogP contribution in [0.15, 0.2) is 0 Å². The van der Waals surface area contributed by atoms with E-state index in [0.29, 0.717) is 22.8 Å². The Morgan fingerprint density at radius 3 is 2.47 bits per heavy atom. The topological polar surface area (TPSA) is 58.0 Å². The van der Waals surface area contributed by atoms with E-state index < -0.39 is 0 Å². The zero-order valence-corrected chi connectivity index (χ0v) is 12.4. The van der Waals surface area contributed by atoms with Crippen molar-refractivity contribution in [1.82, 2.24) is 9.97 Å². The minimum Gasteiger partial charge on any atom is -0.396 e. The van der Waals surface area contributed by atoms with Crippen LogP contribution in [0.3, 0.4) is 0 Å². The van der Waals surface area contributed by atoms with E-state index in [2.05, 4.69) is 15.3 Å². The van der Waals surface area contributed by atoms with E-state index in [-0.39, 0.29) is 6.61 Å². The maximum atomic E-state index is 9.41. The molecule has 1 aromatic heterocycles. The molecular weight excluding hydrogens is 262 g/mol. The quantitative estimate of drug-likeness (QED) is 0.892. The van der Waals surface area contributed by atoms with Crippen LogP contribution in [0.4, 0.5) is 5.82 Å². The molecule has 1 aliphatic rings. The maximum absolute atomic E-state index is 9.41. The number of nitrogens with zero attached hydrogens (tertiary/aromatic N) is 2. The standard InChI is InChI=1S/C14H22ClN3O/c1-9-10(2)18-14(13(15)17-9)16-7-11-5-3-4-6-12(11)8-19/h11-12,19H,3-8H2,1-2H3,(H,16,18). The largest absolute Gasteiger partial charge is 0.396 e. The van der Waals surface area contributed by atoms with Crippen LogP contribution in [-0.2, 0) is 0 Å². The first-order valence-electron chi connectivity index (χ1n) is 6.97. The molecule has 0 spiro atoms. The van der Waals surface area contributed by atoms with Crippen molar-refractivity contribution in [1.29, 1.82) is 0 Å². The fraction of sp³-hybridized carbons (Fsp3) is 0.714. The van der Waals surface area contributed by atoms with Crippen molar-refractivity contribution in [3.05, 3.63) is 16.5 Å². The molecule has 0 amide bonds. The lowest BCUT2D eigenvalue weighted by Gasteiger charge is -2.30. The molecule has 0 radical (unpaired) electrons. The van der Waals surface area contributed by atoms with Crippen molar-refractivity contribution in [2.75, 3.05) is 18.5 Å². The lowest BCUT2D eigenvalue weighted by atomic mass is 9.79. The Morgan fingerprint density at radius 2 is 1.79 bits per heavy atom.